The van der Waals surface area contributed by atoms with Crippen LogP contribution in [0.1, 0.15) is 26.7 Å². The molecule has 0 fully saturated rings. The molecule has 0 spiro atoms. The maximum Gasteiger partial charge on any atom is 0.253 e. The Morgan fingerprint density at radius 1 is 1.59 bits per heavy atom. The van der Waals surface area contributed by atoms with E-state index in [-0.39, 0.29) is 5.91 Å². The third-order valence-electron chi connectivity index (χ3n) is 2.21. The number of anilines is 1. The lowest BCUT2D eigenvalue weighted by atomic mass is 10.3. The second kappa shape index (κ2) is 7.40. The molecule has 0 bridgehead atoms. The summed E-state index contributed by atoms with van der Waals surface area (Å²) in [4.78, 5) is 15.7. The quantitative estimate of drug-likeness (QED) is 0.822. The van der Waals surface area contributed by atoms with E-state index in [1.807, 2.05) is 0 Å². The van der Waals surface area contributed by atoms with E-state index in [9.17, 15) is 4.79 Å². The van der Waals surface area contributed by atoms with Crippen LogP contribution in [0.5, 0.6) is 0 Å². The van der Waals surface area contributed by atoms with Crippen LogP contribution in [0.3, 0.4) is 0 Å². The Bertz CT molecular complexity index is 371. The van der Waals surface area contributed by atoms with E-state index in [0.717, 1.165) is 17.3 Å². The highest BCUT2D eigenvalue weighted by molar-refractivity contribution is 9.10. The number of nitrogens with zero attached hydrogens (tertiary/aromatic N) is 1. The molecule has 1 rings (SSSR count). The molecule has 0 saturated carbocycles. The molecule has 0 aromatic carbocycles. The summed E-state index contributed by atoms with van der Waals surface area (Å²) >= 11 is 3.30. The fraction of sp³-hybridized carbons (Fsp3) is 0.500. The van der Waals surface area contributed by atoms with Gasteiger partial charge in [-0.1, -0.05) is 13.3 Å². The van der Waals surface area contributed by atoms with Crippen LogP contribution < -0.4 is 5.32 Å². The summed E-state index contributed by atoms with van der Waals surface area (Å²) < 4.78 is 6.23. The van der Waals surface area contributed by atoms with E-state index in [1.54, 1.807) is 25.4 Å². The van der Waals surface area contributed by atoms with Gasteiger partial charge in [0.25, 0.3) is 5.91 Å². The van der Waals surface area contributed by atoms with Crippen LogP contribution in [0.2, 0.25) is 0 Å². The minimum Gasteiger partial charge on any atom is -0.369 e. The Balaban J connectivity index is 2.43. The fourth-order valence-electron chi connectivity index (χ4n) is 1.20. The Kier molecular flexibility index (Phi) is 6.15. The van der Waals surface area contributed by atoms with Gasteiger partial charge in [-0.15, -0.1) is 0 Å². The molecule has 1 N–H and O–H groups in total. The van der Waals surface area contributed by atoms with Gasteiger partial charge in [-0.25, -0.2) is 0 Å². The lowest BCUT2D eigenvalue weighted by molar-refractivity contribution is -0.126. The Labute approximate surface area is 110 Å². The predicted molar refractivity (Wildman–Crippen MR) is 70.9 cm³/mol. The summed E-state index contributed by atoms with van der Waals surface area (Å²) in [5.41, 5.74) is 0.662. The SMILES string of the molecule is CCCCO[C@@H](C)C(=O)Nc1cncc(Br)c1. The largest absolute Gasteiger partial charge is 0.369 e. The molecular weight excluding hydrogens is 284 g/mol. The van der Waals surface area contributed by atoms with Crippen molar-refractivity contribution in [2.24, 2.45) is 0 Å². The van der Waals surface area contributed by atoms with Gasteiger partial charge in [0.1, 0.15) is 6.10 Å². The maximum atomic E-state index is 11.7. The van der Waals surface area contributed by atoms with Crippen molar-refractivity contribution in [2.45, 2.75) is 32.8 Å². The van der Waals surface area contributed by atoms with Gasteiger partial charge >= 0.3 is 0 Å². The summed E-state index contributed by atoms with van der Waals surface area (Å²) in [6.07, 6.45) is 4.85. The second-order valence-electron chi connectivity index (χ2n) is 3.75. The number of nitrogens with one attached hydrogen (secondary N) is 1. The van der Waals surface area contributed by atoms with Crippen molar-refractivity contribution in [3.8, 4) is 0 Å². The van der Waals surface area contributed by atoms with Gasteiger partial charge < -0.3 is 10.1 Å². The molecule has 0 aliphatic carbocycles. The summed E-state index contributed by atoms with van der Waals surface area (Å²) in [6, 6.07) is 1.80. The van der Waals surface area contributed by atoms with Crippen LogP contribution in [0.25, 0.3) is 0 Å². The number of ether oxygens (including phenoxy) is 1. The van der Waals surface area contributed by atoms with E-state index in [2.05, 4.69) is 33.2 Å². The first kappa shape index (κ1) is 14.1. The van der Waals surface area contributed by atoms with Gasteiger partial charge in [-0.3, -0.25) is 9.78 Å². The maximum absolute atomic E-state index is 11.7. The number of carbonyl (C=O) groups excluding carboxylic acids is 1. The van der Waals surface area contributed by atoms with Crippen LogP contribution in [0, 0.1) is 0 Å². The van der Waals surface area contributed by atoms with Crippen molar-refractivity contribution < 1.29 is 9.53 Å². The zero-order valence-electron chi connectivity index (χ0n) is 10.1. The third kappa shape index (κ3) is 5.28. The molecule has 94 valence electrons. The third-order valence-corrected chi connectivity index (χ3v) is 2.64. The highest BCUT2D eigenvalue weighted by atomic mass is 79.9. The normalized spacial score (nSPS) is 12.2. The van der Waals surface area contributed by atoms with Crippen molar-refractivity contribution in [1.29, 1.82) is 0 Å². The molecule has 0 aliphatic rings. The molecule has 0 saturated heterocycles. The Morgan fingerprint density at radius 3 is 3.00 bits per heavy atom. The minimum absolute atomic E-state index is 0.152. The summed E-state index contributed by atoms with van der Waals surface area (Å²) in [5.74, 6) is -0.152. The van der Waals surface area contributed by atoms with Crippen molar-refractivity contribution >= 4 is 27.5 Å². The van der Waals surface area contributed by atoms with Crippen molar-refractivity contribution in [3.63, 3.8) is 0 Å². The van der Waals surface area contributed by atoms with Crippen LogP contribution in [0.15, 0.2) is 22.9 Å². The van der Waals surface area contributed by atoms with Crippen LogP contribution in [-0.4, -0.2) is 23.6 Å². The van der Waals surface area contributed by atoms with Gasteiger partial charge in [-0.2, -0.15) is 0 Å². The number of unbranched alkanes of at least 4 members (excludes halogenated alkanes) is 1. The summed E-state index contributed by atoms with van der Waals surface area (Å²) in [6.45, 7) is 4.44. The number of amides is 1. The number of hydrogen-bond donors (Lipinski definition) is 1. The zero-order chi connectivity index (χ0) is 12.7. The number of rotatable bonds is 6. The fourth-order valence-corrected chi connectivity index (χ4v) is 1.57. The Hall–Kier alpha value is -0.940. The molecule has 0 unspecified atom stereocenters. The number of pyridine rings is 1. The van der Waals surface area contributed by atoms with Crippen molar-refractivity contribution in [2.75, 3.05) is 11.9 Å². The number of aromatic nitrogens is 1. The minimum atomic E-state index is -0.444. The van der Waals surface area contributed by atoms with Gasteiger partial charge in [0.05, 0.1) is 11.9 Å². The average molecular weight is 301 g/mol. The predicted octanol–water partition coefficient (Wildman–Crippen LogP) is 2.99. The first-order valence-corrected chi connectivity index (χ1v) is 6.45. The number of carbonyl (C=O) groups is 1. The van der Waals surface area contributed by atoms with Gasteiger partial charge in [0, 0.05) is 17.3 Å². The first-order valence-electron chi connectivity index (χ1n) is 5.66. The summed E-state index contributed by atoms with van der Waals surface area (Å²) in [7, 11) is 0. The number of hydrogen-bond acceptors (Lipinski definition) is 3. The smallest absolute Gasteiger partial charge is 0.253 e. The van der Waals surface area contributed by atoms with E-state index in [4.69, 9.17) is 4.74 Å². The molecule has 4 nitrogen and oxygen atoms in total. The molecule has 1 aromatic rings. The topological polar surface area (TPSA) is 51.2 Å². The van der Waals surface area contributed by atoms with E-state index >= 15 is 0 Å². The molecule has 1 amide bonds. The van der Waals surface area contributed by atoms with Crippen molar-refractivity contribution in [1.82, 2.24) is 4.98 Å². The lowest BCUT2D eigenvalue weighted by Gasteiger charge is -2.12. The molecule has 17 heavy (non-hydrogen) atoms. The molecule has 0 radical (unpaired) electrons. The first-order chi connectivity index (χ1) is 8.13. The van der Waals surface area contributed by atoms with Gasteiger partial charge in [0.2, 0.25) is 0 Å². The van der Waals surface area contributed by atoms with E-state index < -0.39 is 6.10 Å². The lowest BCUT2D eigenvalue weighted by Crippen LogP contribution is -2.28. The second-order valence-corrected chi connectivity index (χ2v) is 4.66. The van der Waals surface area contributed by atoms with Crippen LogP contribution in [-0.2, 0) is 9.53 Å². The van der Waals surface area contributed by atoms with Crippen LogP contribution >= 0.6 is 15.9 Å². The zero-order valence-corrected chi connectivity index (χ0v) is 11.7. The Morgan fingerprint density at radius 2 is 2.35 bits per heavy atom. The highest BCUT2D eigenvalue weighted by Crippen LogP contribution is 2.14. The molecule has 0 aliphatic heterocycles. The van der Waals surface area contributed by atoms with Gasteiger partial charge in [0.15, 0.2) is 0 Å². The van der Waals surface area contributed by atoms with E-state index in [1.165, 1.54) is 0 Å². The summed E-state index contributed by atoms with van der Waals surface area (Å²) in [5, 5.41) is 2.75. The molecule has 1 heterocycles. The van der Waals surface area contributed by atoms with Crippen molar-refractivity contribution in [3.05, 3.63) is 22.9 Å². The average Bonchev–Trinajstić information content (AvgIpc) is 2.29. The highest BCUT2D eigenvalue weighted by Gasteiger charge is 2.13. The molecule has 1 aromatic heterocycles. The van der Waals surface area contributed by atoms with Gasteiger partial charge in [-0.05, 0) is 35.3 Å². The van der Waals surface area contributed by atoms with E-state index in [0.29, 0.717) is 12.3 Å². The molecule has 5 heteroatoms. The van der Waals surface area contributed by atoms with Crippen LogP contribution in [0.4, 0.5) is 5.69 Å². The molecular formula is C12H17BrN2O2. The monoisotopic (exact) mass is 300 g/mol. The number of halogens is 1. The standard InChI is InChI=1S/C12H17BrN2O2/c1-3-4-5-17-9(2)12(16)15-11-6-10(13)7-14-8-11/h6-9H,3-5H2,1-2H3,(H,15,16)/t9-/m0/s1. The molecule has 1 atom stereocenters.